The number of nitrogens with two attached hydrogens (primary N) is 2. The fourth-order valence-corrected chi connectivity index (χ4v) is 5.01. The number of alkyl halides is 2. The van der Waals surface area contributed by atoms with Crippen LogP contribution in [0, 0.1) is 11.6 Å². The number of fused-ring (bicyclic) bond motifs is 1. The van der Waals surface area contributed by atoms with Crippen molar-refractivity contribution < 1.29 is 35.5 Å². The Kier molecular flexibility index (Phi) is 12.5. The third kappa shape index (κ3) is 8.89. The van der Waals surface area contributed by atoms with Crippen molar-refractivity contribution in [2.45, 2.75) is 26.7 Å². The molecule has 0 fully saturated rings. The van der Waals surface area contributed by atoms with Crippen molar-refractivity contribution in [2.75, 3.05) is 55.1 Å². The minimum absolute atomic E-state index is 0.00453. The van der Waals surface area contributed by atoms with Gasteiger partial charge in [-0.15, -0.1) is 0 Å². The van der Waals surface area contributed by atoms with Gasteiger partial charge in [0.25, 0.3) is 0 Å². The normalized spacial score (nSPS) is 11.2. The molecule has 0 unspecified atom stereocenters. The van der Waals surface area contributed by atoms with E-state index in [4.69, 9.17) is 20.9 Å². The molecular weight excluding hydrogens is 604 g/mol. The third-order valence-electron chi connectivity index (χ3n) is 5.93. The van der Waals surface area contributed by atoms with E-state index < -0.39 is 40.8 Å². The highest BCUT2D eigenvalue weighted by Gasteiger charge is 2.20. The van der Waals surface area contributed by atoms with E-state index in [0.29, 0.717) is 0 Å². The van der Waals surface area contributed by atoms with Crippen LogP contribution in [0.3, 0.4) is 0 Å². The number of anilines is 3. The Morgan fingerprint density at radius 2 is 1.73 bits per heavy atom. The highest BCUT2D eigenvalue weighted by atomic mass is 32.2. The van der Waals surface area contributed by atoms with Gasteiger partial charge in [-0.3, -0.25) is 9.11 Å². The molecule has 0 atom stereocenters. The first-order valence-corrected chi connectivity index (χ1v) is 15.3. The summed E-state index contributed by atoms with van der Waals surface area (Å²) in [5.41, 5.74) is 11.7. The molecule has 0 amide bonds. The number of rotatable bonds is 13. The van der Waals surface area contributed by atoms with Gasteiger partial charge in [-0.25, -0.2) is 36.5 Å². The van der Waals surface area contributed by atoms with Gasteiger partial charge in [0.15, 0.2) is 23.3 Å². The minimum Gasteiger partial charge on any atom is -0.489 e. The largest absolute Gasteiger partial charge is 0.489 e. The summed E-state index contributed by atoms with van der Waals surface area (Å²) < 4.78 is 91.8. The van der Waals surface area contributed by atoms with Gasteiger partial charge in [-0.05, 0) is 49.6 Å². The van der Waals surface area contributed by atoms with E-state index in [1.807, 2.05) is 6.92 Å². The second kappa shape index (κ2) is 16.0. The number of nitrogen functional groups attached to an aromatic ring is 2. The number of pyridine rings is 1. The van der Waals surface area contributed by atoms with Gasteiger partial charge < -0.3 is 20.9 Å². The number of nitrogens with one attached hydrogen (secondary N) is 1. The topological polar surface area (TPSA) is 155 Å². The Morgan fingerprint density at radius 1 is 0.955 bits per heavy atom. The summed E-state index contributed by atoms with van der Waals surface area (Å²) in [6.45, 7) is 3.86. The van der Waals surface area contributed by atoms with E-state index in [9.17, 15) is 21.6 Å². The zero-order valence-electron chi connectivity index (χ0n) is 24.2. The Hall–Kier alpha value is -4.24. The Balaban J connectivity index is 0.000000801. The lowest BCUT2D eigenvalue weighted by Gasteiger charge is -2.15. The first-order chi connectivity index (χ1) is 21.0. The van der Waals surface area contributed by atoms with Gasteiger partial charge in [0, 0.05) is 35.9 Å². The van der Waals surface area contributed by atoms with E-state index >= 15 is 4.39 Å². The first-order valence-electron chi connectivity index (χ1n) is 13.7. The average Bonchev–Trinajstić information content (AvgIpc) is 3.00. The monoisotopic (exact) mass is 638 g/mol. The Bertz CT molecular complexity index is 1670. The highest BCUT2D eigenvalue weighted by Crippen LogP contribution is 2.37. The summed E-state index contributed by atoms with van der Waals surface area (Å²) in [5, 5.41) is 0.220. The molecule has 4 aromatic rings. The van der Waals surface area contributed by atoms with Crippen LogP contribution in [0.2, 0.25) is 0 Å². The maximum Gasteiger partial charge on any atom is 0.232 e. The molecular formula is C29H34F4N6O4S. The molecule has 5 N–H and O–H groups in total. The van der Waals surface area contributed by atoms with Gasteiger partial charge in [-0.2, -0.15) is 0 Å². The molecule has 0 radical (unpaired) electrons. The molecule has 238 valence electrons. The second-order valence-corrected chi connectivity index (χ2v) is 11.1. The van der Waals surface area contributed by atoms with Crippen molar-refractivity contribution in [3.63, 3.8) is 0 Å². The zero-order chi connectivity index (χ0) is 32.3. The predicted molar refractivity (Wildman–Crippen MR) is 163 cm³/mol. The summed E-state index contributed by atoms with van der Waals surface area (Å²) in [6, 6.07) is 7.95. The van der Waals surface area contributed by atoms with Crippen LogP contribution in [0.25, 0.3) is 33.4 Å². The number of benzene rings is 2. The van der Waals surface area contributed by atoms with Crippen molar-refractivity contribution in [3.05, 3.63) is 54.2 Å². The van der Waals surface area contributed by atoms with E-state index in [1.54, 1.807) is 0 Å². The molecule has 0 spiro atoms. The summed E-state index contributed by atoms with van der Waals surface area (Å²) in [7, 11) is -3.99. The van der Waals surface area contributed by atoms with Gasteiger partial charge in [0.1, 0.15) is 30.4 Å². The van der Waals surface area contributed by atoms with Crippen molar-refractivity contribution in [2.24, 2.45) is 0 Å². The lowest BCUT2D eigenvalue weighted by atomic mass is 10.0. The predicted octanol–water partition coefficient (Wildman–Crippen LogP) is 5.68. The molecule has 15 heteroatoms. The van der Waals surface area contributed by atoms with Crippen molar-refractivity contribution in [3.8, 4) is 28.3 Å². The molecule has 0 aliphatic heterocycles. The van der Waals surface area contributed by atoms with Crippen LogP contribution in [-0.2, 0) is 14.8 Å². The van der Waals surface area contributed by atoms with Crippen LogP contribution in [0.5, 0.6) is 5.75 Å². The van der Waals surface area contributed by atoms with Crippen molar-refractivity contribution in [1.29, 1.82) is 0 Å². The SMILES string of the molecule is CCCOCC.Nc1ncc(-c2nc(N)c3cc(-c4cccc(NS(=O)(=O)CCCF)c4F)cc(OCCF)c3n2)cc1F. The number of sulfonamides is 1. The van der Waals surface area contributed by atoms with Crippen molar-refractivity contribution >= 4 is 38.2 Å². The average molecular weight is 639 g/mol. The van der Waals surface area contributed by atoms with Gasteiger partial charge >= 0.3 is 0 Å². The molecule has 0 saturated carbocycles. The molecule has 0 bridgehead atoms. The summed E-state index contributed by atoms with van der Waals surface area (Å²) in [5.74, 6) is -2.58. The number of nitrogens with zero attached hydrogens (tertiary/aromatic N) is 3. The van der Waals surface area contributed by atoms with Gasteiger partial charge in [0.05, 0.1) is 18.1 Å². The van der Waals surface area contributed by atoms with Crippen molar-refractivity contribution in [1.82, 2.24) is 15.0 Å². The number of aromatic nitrogens is 3. The first kappa shape index (κ1) is 34.3. The minimum atomic E-state index is -3.99. The molecule has 2 aromatic carbocycles. The smallest absolute Gasteiger partial charge is 0.232 e. The standard InChI is InChI=1S/C24H22F4N6O3S.C5H12O/c25-5-2-8-38(35,36)34-18-4-1-3-15(20(18)28)13-9-16-21(19(11-13)37-7-6-26)32-24(33-22(16)29)14-10-17(27)23(30)31-12-14;1-3-5-6-4-2/h1,3-4,9-12,34H,2,5-8H2,(H2,30,31)(H2,29,32,33);3-5H2,1-2H3. The summed E-state index contributed by atoms with van der Waals surface area (Å²) in [4.78, 5) is 12.3. The fraction of sp³-hybridized carbons (Fsp3) is 0.345. The molecule has 4 rings (SSSR count). The molecule has 2 aromatic heterocycles. The molecule has 0 aliphatic carbocycles. The second-order valence-electron chi connectivity index (χ2n) is 9.26. The maximum atomic E-state index is 15.4. The third-order valence-corrected chi connectivity index (χ3v) is 7.29. The van der Waals surface area contributed by atoms with Gasteiger partial charge in [-0.1, -0.05) is 19.1 Å². The summed E-state index contributed by atoms with van der Waals surface area (Å²) >= 11 is 0. The molecule has 0 saturated heterocycles. The van der Waals surface area contributed by atoms with Crippen LogP contribution >= 0.6 is 0 Å². The highest BCUT2D eigenvalue weighted by molar-refractivity contribution is 7.92. The Labute approximate surface area is 252 Å². The molecule has 10 nitrogen and oxygen atoms in total. The molecule has 2 heterocycles. The lowest BCUT2D eigenvalue weighted by Crippen LogP contribution is -2.18. The number of ether oxygens (including phenoxy) is 2. The fourth-order valence-electron chi connectivity index (χ4n) is 3.92. The number of hydrogen-bond acceptors (Lipinski definition) is 9. The molecule has 0 aliphatic rings. The maximum absolute atomic E-state index is 15.4. The summed E-state index contributed by atoms with van der Waals surface area (Å²) in [6.07, 6.45) is 2.15. The van der Waals surface area contributed by atoms with E-state index in [1.165, 1.54) is 36.5 Å². The quantitative estimate of drug-likeness (QED) is 0.124. The van der Waals surface area contributed by atoms with E-state index in [0.717, 1.165) is 25.7 Å². The van der Waals surface area contributed by atoms with Crippen LogP contribution in [0.15, 0.2) is 42.6 Å². The number of halogens is 4. The lowest BCUT2D eigenvalue weighted by molar-refractivity contribution is 0.148. The molecule has 44 heavy (non-hydrogen) atoms. The van der Waals surface area contributed by atoms with Crippen LogP contribution in [0.1, 0.15) is 26.7 Å². The van der Waals surface area contributed by atoms with Crippen LogP contribution in [0.4, 0.5) is 34.9 Å². The number of hydrogen-bond donors (Lipinski definition) is 3. The Morgan fingerprint density at radius 3 is 2.36 bits per heavy atom. The van der Waals surface area contributed by atoms with E-state index in [-0.39, 0.29) is 69.5 Å². The van der Waals surface area contributed by atoms with E-state index in [2.05, 4.69) is 26.6 Å². The zero-order valence-corrected chi connectivity index (χ0v) is 25.1. The van der Waals surface area contributed by atoms with Crippen LogP contribution < -0.4 is 20.9 Å². The van der Waals surface area contributed by atoms with Crippen LogP contribution in [-0.4, -0.2) is 62.3 Å². The van der Waals surface area contributed by atoms with Gasteiger partial charge in [0.2, 0.25) is 10.0 Å².